The summed E-state index contributed by atoms with van der Waals surface area (Å²) in [6.45, 7) is 5.55. The van der Waals surface area contributed by atoms with Gasteiger partial charge in [-0.2, -0.15) is 0 Å². The molecule has 0 aliphatic rings. The standard InChI is InChI=1S/C17H20N2O4/c1-10-5-6-13(17(21)22-4)9-15(10)18-16(20)8-7-14-11(2)19-23-12(14)3/h5-6,9H,7-8H2,1-4H3,(H,18,20). The molecular formula is C17H20N2O4. The van der Waals surface area contributed by atoms with Crippen LogP contribution in [0.1, 0.15) is 39.4 Å². The van der Waals surface area contributed by atoms with Crippen LogP contribution in [0.4, 0.5) is 5.69 Å². The second-order valence-electron chi connectivity index (χ2n) is 5.37. The number of nitrogens with one attached hydrogen (secondary N) is 1. The highest BCUT2D eigenvalue weighted by Gasteiger charge is 2.13. The lowest BCUT2D eigenvalue weighted by molar-refractivity contribution is -0.116. The number of benzene rings is 1. The molecule has 0 fully saturated rings. The molecule has 1 amide bonds. The zero-order valence-corrected chi connectivity index (χ0v) is 13.7. The van der Waals surface area contributed by atoms with Crippen molar-refractivity contribution in [2.75, 3.05) is 12.4 Å². The molecule has 6 nitrogen and oxygen atoms in total. The number of methoxy groups -OCH3 is 1. The summed E-state index contributed by atoms with van der Waals surface area (Å²) in [5.41, 5.74) is 3.65. The van der Waals surface area contributed by atoms with Crippen molar-refractivity contribution in [1.82, 2.24) is 5.16 Å². The zero-order valence-electron chi connectivity index (χ0n) is 13.7. The Morgan fingerprint density at radius 3 is 2.61 bits per heavy atom. The predicted octanol–water partition coefficient (Wildman–Crippen LogP) is 2.96. The van der Waals surface area contributed by atoms with Gasteiger partial charge in [0.15, 0.2) is 0 Å². The largest absolute Gasteiger partial charge is 0.465 e. The Morgan fingerprint density at radius 1 is 1.26 bits per heavy atom. The minimum absolute atomic E-state index is 0.130. The molecule has 1 aromatic carbocycles. The fraction of sp³-hybridized carbons (Fsp3) is 0.353. The molecular weight excluding hydrogens is 296 g/mol. The smallest absolute Gasteiger partial charge is 0.337 e. The highest BCUT2D eigenvalue weighted by Crippen LogP contribution is 2.19. The van der Waals surface area contributed by atoms with Crippen LogP contribution in [0, 0.1) is 20.8 Å². The third kappa shape index (κ3) is 3.97. The Morgan fingerprint density at radius 2 is 2.00 bits per heavy atom. The SMILES string of the molecule is COC(=O)c1ccc(C)c(NC(=O)CCc2c(C)noc2C)c1. The van der Waals surface area contributed by atoms with E-state index in [0.29, 0.717) is 24.1 Å². The van der Waals surface area contributed by atoms with E-state index in [1.807, 2.05) is 20.8 Å². The molecule has 0 saturated heterocycles. The van der Waals surface area contributed by atoms with Crippen LogP contribution in [-0.4, -0.2) is 24.1 Å². The number of hydrogen-bond acceptors (Lipinski definition) is 5. The van der Waals surface area contributed by atoms with Crippen LogP contribution >= 0.6 is 0 Å². The minimum atomic E-state index is -0.434. The van der Waals surface area contributed by atoms with Crippen LogP contribution in [0.5, 0.6) is 0 Å². The molecule has 0 aliphatic carbocycles. The quantitative estimate of drug-likeness (QED) is 0.858. The summed E-state index contributed by atoms with van der Waals surface area (Å²) in [4.78, 5) is 23.7. The zero-order chi connectivity index (χ0) is 17.0. The maximum atomic E-state index is 12.2. The summed E-state index contributed by atoms with van der Waals surface area (Å²) >= 11 is 0. The van der Waals surface area contributed by atoms with E-state index >= 15 is 0 Å². The van der Waals surface area contributed by atoms with Gasteiger partial charge >= 0.3 is 5.97 Å². The summed E-state index contributed by atoms with van der Waals surface area (Å²) < 4.78 is 9.78. The topological polar surface area (TPSA) is 81.4 Å². The number of nitrogens with zero attached hydrogens (tertiary/aromatic N) is 1. The maximum Gasteiger partial charge on any atom is 0.337 e. The molecule has 0 aliphatic heterocycles. The lowest BCUT2D eigenvalue weighted by Crippen LogP contribution is -2.14. The predicted molar refractivity (Wildman–Crippen MR) is 85.4 cm³/mol. The summed E-state index contributed by atoms with van der Waals surface area (Å²) in [6.07, 6.45) is 0.869. The van der Waals surface area contributed by atoms with Gasteiger partial charge in [-0.15, -0.1) is 0 Å². The first-order valence-corrected chi connectivity index (χ1v) is 7.33. The van der Waals surface area contributed by atoms with Gasteiger partial charge in [0.1, 0.15) is 5.76 Å². The van der Waals surface area contributed by atoms with Crippen molar-refractivity contribution in [3.05, 3.63) is 46.3 Å². The first-order chi connectivity index (χ1) is 10.9. The van der Waals surface area contributed by atoms with E-state index in [1.54, 1.807) is 18.2 Å². The molecule has 0 unspecified atom stereocenters. The third-order valence-electron chi connectivity index (χ3n) is 3.72. The normalized spacial score (nSPS) is 10.4. The summed E-state index contributed by atoms with van der Waals surface area (Å²) in [5, 5.41) is 6.71. The molecule has 1 N–H and O–H groups in total. The van der Waals surface area contributed by atoms with E-state index in [4.69, 9.17) is 4.52 Å². The fourth-order valence-corrected chi connectivity index (χ4v) is 2.31. The minimum Gasteiger partial charge on any atom is -0.465 e. The van der Waals surface area contributed by atoms with Crippen molar-refractivity contribution < 1.29 is 18.8 Å². The lowest BCUT2D eigenvalue weighted by atomic mass is 10.1. The molecule has 23 heavy (non-hydrogen) atoms. The second kappa shape index (κ2) is 7.09. The molecule has 0 radical (unpaired) electrons. The van der Waals surface area contributed by atoms with Crippen LogP contribution in [0.15, 0.2) is 22.7 Å². The van der Waals surface area contributed by atoms with Crippen LogP contribution in [0.25, 0.3) is 0 Å². The third-order valence-corrected chi connectivity index (χ3v) is 3.72. The molecule has 6 heteroatoms. The molecule has 1 heterocycles. The van der Waals surface area contributed by atoms with Crippen LogP contribution in [0.2, 0.25) is 0 Å². The molecule has 0 spiro atoms. The van der Waals surface area contributed by atoms with Gasteiger partial charge in [-0.3, -0.25) is 4.79 Å². The number of aryl methyl sites for hydroxylation is 3. The van der Waals surface area contributed by atoms with E-state index in [0.717, 1.165) is 22.6 Å². The summed E-state index contributed by atoms with van der Waals surface area (Å²) in [6, 6.07) is 5.06. The average molecular weight is 316 g/mol. The number of carbonyl (C=O) groups excluding carboxylic acids is 2. The van der Waals surface area contributed by atoms with Crippen molar-refractivity contribution >= 4 is 17.6 Å². The Bertz CT molecular complexity index is 715. The Labute approximate surface area is 134 Å². The van der Waals surface area contributed by atoms with Gasteiger partial charge in [-0.1, -0.05) is 11.2 Å². The van der Waals surface area contributed by atoms with Gasteiger partial charge in [0, 0.05) is 17.7 Å². The molecule has 2 aromatic rings. The van der Waals surface area contributed by atoms with Crippen molar-refractivity contribution in [3.63, 3.8) is 0 Å². The number of amides is 1. The highest BCUT2D eigenvalue weighted by atomic mass is 16.5. The number of esters is 1. The molecule has 122 valence electrons. The first-order valence-electron chi connectivity index (χ1n) is 7.33. The average Bonchev–Trinajstić information content (AvgIpc) is 2.85. The van der Waals surface area contributed by atoms with E-state index in [-0.39, 0.29) is 5.91 Å². The Balaban J connectivity index is 2.04. The first kappa shape index (κ1) is 16.7. The molecule has 0 bridgehead atoms. The summed E-state index contributed by atoms with van der Waals surface area (Å²) in [7, 11) is 1.32. The van der Waals surface area contributed by atoms with Gasteiger partial charge in [-0.25, -0.2) is 4.79 Å². The van der Waals surface area contributed by atoms with E-state index in [1.165, 1.54) is 7.11 Å². The number of rotatable bonds is 5. The second-order valence-corrected chi connectivity index (χ2v) is 5.37. The number of ether oxygens (including phenoxy) is 1. The van der Waals surface area contributed by atoms with Gasteiger partial charge < -0.3 is 14.6 Å². The number of anilines is 1. The van der Waals surface area contributed by atoms with Crippen molar-refractivity contribution in [3.8, 4) is 0 Å². The van der Waals surface area contributed by atoms with Gasteiger partial charge in [0.25, 0.3) is 0 Å². The van der Waals surface area contributed by atoms with Crippen LogP contribution in [0.3, 0.4) is 0 Å². The van der Waals surface area contributed by atoms with Crippen molar-refractivity contribution in [2.24, 2.45) is 0 Å². The van der Waals surface area contributed by atoms with E-state index < -0.39 is 5.97 Å². The van der Waals surface area contributed by atoms with Crippen molar-refractivity contribution in [2.45, 2.75) is 33.6 Å². The van der Waals surface area contributed by atoms with Crippen LogP contribution < -0.4 is 5.32 Å². The number of carbonyl (C=O) groups is 2. The lowest BCUT2D eigenvalue weighted by Gasteiger charge is -2.10. The molecule has 1 aromatic heterocycles. The van der Waals surface area contributed by atoms with Gasteiger partial charge in [-0.05, 0) is 44.9 Å². The van der Waals surface area contributed by atoms with Gasteiger partial charge in [0.2, 0.25) is 5.91 Å². The van der Waals surface area contributed by atoms with Crippen molar-refractivity contribution in [1.29, 1.82) is 0 Å². The molecule has 2 rings (SSSR count). The highest BCUT2D eigenvalue weighted by molar-refractivity contribution is 5.95. The monoisotopic (exact) mass is 316 g/mol. The summed E-state index contributed by atoms with van der Waals surface area (Å²) in [5.74, 6) is 0.172. The molecule has 0 saturated carbocycles. The Hall–Kier alpha value is -2.63. The number of aromatic nitrogens is 1. The maximum absolute atomic E-state index is 12.2. The molecule has 0 atom stereocenters. The van der Waals surface area contributed by atoms with Gasteiger partial charge in [0.05, 0.1) is 18.4 Å². The van der Waals surface area contributed by atoms with E-state index in [2.05, 4.69) is 15.2 Å². The fourth-order valence-electron chi connectivity index (χ4n) is 2.31. The van der Waals surface area contributed by atoms with E-state index in [9.17, 15) is 9.59 Å². The van der Waals surface area contributed by atoms with Crippen LogP contribution in [-0.2, 0) is 16.0 Å². The number of hydrogen-bond donors (Lipinski definition) is 1. The Kier molecular flexibility index (Phi) is 5.16.